The molecule has 3 heterocycles. The Hall–Kier alpha value is -6.60. The molecule has 8 heteroatoms. The van der Waals surface area contributed by atoms with Gasteiger partial charge in [-0.3, -0.25) is 4.98 Å². The number of rotatable bonds is 10. The van der Waals surface area contributed by atoms with Crippen molar-refractivity contribution in [3.63, 3.8) is 0 Å². The van der Waals surface area contributed by atoms with Crippen LogP contribution in [0.5, 0.6) is 0 Å². The van der Waals surface area contributed by atoms with E-state index in [0.717, 1.165) is 86.1 Å². The van der Waals surface area contributed by atoms with Crippen molar-refractivity contribution in [2.45, 2.75) is 93.1 Å². The van der Waals surface area contributed by atoms with Gasteiger partial charge in [0, 0.05) is 42.9 Å². The van der Waals surface area contributed by atoms with Gasteiger partial charge >= 0.3 is 6.18 Å². The molecule has 0 saturated carbocycles. The summed E-state index contributed by atoms with van der Waals surface area (Å²) in [7, 11) is 0. The van der Waals surface area contributed by atoms with Gasteiger partial charge in [0.15, 0.2) is 0 Å². The molecule has 0 atom stereocenters. The maximum Gasteiger partial charge on any atom is 0.393 e. The van der Waals surface area contributed by atoms with E-state index in [-0.39, 0.29) is 37.5 Å². The second-order valence-electron chi connectivity index (χ2n) is 20.3. The van der Waals surface area contributed by atoms with Gasteiger partial charge in [-0.05, 0) is 111 Å². The van der Waals surface area contributed by atoms with Crippen LogP contribution in [0.2, 0.25) is 0 Å². The molecule has 0 saturated heterocycles. The molecule has 72 heavy (non-hydrogen) atoms. The largest absolute Gasteiger partial charge is 0.501 e. The van der Waals surface area contributed by atoms with E-state index in [0.29, 0.717) is 16.8 Å². The Morgan fingerprint density at radius 1 is 0.639 bits per heavy atom. The normalized spacial score (nSPS) is 13.4. The molecule has 0 bridgehead atoms. The van der Waals surface area contributed by atoms with Gasteiger partial charge in [-0.1, -0.05) is 164 Å². The number of benzene rings is 7. The Labute approximate surface area is 441 Å². The molecule has 10 rings (SSSR count). The van der Waals surface area contributed by atoms with Crippen LogP contribution < -0.4 is 0 Å². The number of hydrogen-bond acceptors (Lipinski definition) is 3. The van der Waals surface area contributed by atoms with E-state index in [9.17, 15) is 13.2 Å². The van der Waals surface area contributed by atoms with Crippen molar-refractivity contribution in [1.82, 2.24) is 14.5 Å². The van der Waals surface area contributed by atoms with Crippen LogP contribution in [0.1, 0.15) is 102 Å². The van der Waals surface area contributed by atoms with Crippen LogP contribution in [0.3, 0.4) is 0 Å². The van der Waals surface area contributed by atoms with Crippen LogP contribution in [0.4, 0.5) is 13.2 Å². The second kappa shape index (κ2) is 20.9. The number of para-hydroxylation sites is 2. The summed E-state index contributed by atoms with van der Waals surface area (Å²) in [5.74, 6) is 1.20. The van der Waals surface area contributed by atoms with Crippen LogP contribution >= 0.6 is 0 Å². The number of alkyl halides is 3. The van der Waals surface area contributed by atoms with E-state index in [1.165, 1.54) is 29.3 Å². The zero-order valence-corrected chi connectivity index (χ0v) is 44.4. The molecule has 0 aliphatic rings. The van der Waals surface area contributed by atoms with E-state index in [2.05, 4.69) is 140 Å². The van der Waals surface area contributed by atoms with Gasteiger partial charge in [0.2, 0.25) is 0 Å². The van der Waals surface area contributed by atoms with E-state index in [4.69, 9.17) is 14.9 Å². The maximum atomic E-state index is 13.1. The average Bonchev–Trinajstić information content (AvgIpc) is 3.98. The van der Waals surface area contributed by atoms with Crippen molar-refractivity contribution >= 4 is 33.0 Å². The monoisotopic (exact) mass is 1140 g/mol. The first-order chi connectivity index (χ1) is 35.4. The third-order valence-corrected chi connectivity index (χ3v) is 12.6. The maximum absolute atomic E-state index is 13.1. The fourth-order valence-corrected chi connectivity index (χ4v) is 8.92. The Bertz CT molecular complexity index is 3630. The Balaban J connectivity index is 0.000000280. The molecule has 0 aliphatic heterocycles. The molecule has 7 aromatic carbocycles. The van der Waals surface area contributed by atoms with E-state index in [1.807, 2.05) is 51.1 Å². The molecular weight excluding hydrogens is 1080 g/mol. The summed E-state index contributed by atoms with van der Waals surface area (Å²) in [6, 6.07) is 57.8. The first kappa shape index (κ1) is 46.5. The topological polar surface area (TPSA) is 43.9 Å². The van der Waals surface area contributed by atoms with Crippen LogP contribution in [0, 0.1) is 23.0 Å². The smallest absolute Gasteiger partial charge is 0.393 e. The van der Waals surface area contributed by atoms with Crippen molar-refractivity contribution < 1.29 is 43.2 Å². The molecule has 0 amide bonds. The number of fused-ring (bicyclic) bond motifs is 4. The van der Waals surface area contributed by atoms with Crippen LogP contribution in [-0.4, -0.2) is 20.7 Å². The molecule has 3 aromatic heterocycles. The molecule has 369 valence electrons. The van der Waals surface area contributed by atoms with E-state index >= 15 is 0 Å². The predicted molar refractivity (Wildman–Crippen MR) is 287 cm³/mol. The number of halogens is 3. The van der Waals surface area contributed by atoms with Crippen molar-refractivity contribution in [2.75, 3.05) is 0 Å². The minimum Gasteiger partial charge on any atom is -0.501 e. The molecule has 4 nitrogen and oxygen atoms in total. The van der Waals surface area contributed by atoms with E-state index in [1.54, 1.807) is 24.4 Å². The summed E-state index contributed by atoms with van der Waals surface area (Å²) in [6.07, 6.45) is -7.08. The van der Waals surface area contributed by atoms with Crippen LogP contribution in [-0.2, 0) is 32.9 Å². The molecule has 0 spiro atoms. The SMILES string of the molecule is [2H]C([2H])(c1c[c-]c(-c2ccccn2)cc1)C(C)(C)C(F)(F)F.[2H]C([2H])(c1ccc(-c2cc(C(C)C)c(-n3c(-c4[c-]ccc5c4oc4cc(-c6ccccc6)ccc45)nc4ccccc43)c(C(C)C)c2)cc1)C(C)(C)C.[Ir]. The summed E-state index contributed by atoms with van der Waals surface area (Å²) in [6.45, 7) is 16.6. The molecule has 1 radical (unpaired) electrons. The fourth-order valence-electron chi connectivity index (χ4n) is 8.92. The average molecular weight is 1140 g/mol. The predicted octanol–water partition coefficient (Wildman–Crippen LogP) is 18.2. The van der Waals surface area contributed by atoms with Gasteiger partial charge in [-0.2, -0.15) is 13.2 Å². The Kier molecular flexibility index (Phi) is 13.5. The minimum atomic E-state index is -4.66. The molecular formula is C64H60F3IrN3O-2. The van der Waals surface area contributed by atoms with Gasteiger partial charge in [-0.15, -0.1) is 53.6 Å². The van der Waals surface area contributed by atoms with Gasteiger partial charge in [-0.25, -0.2) is 0 Å². The van der Waals surface area contributed by atoms with Gasteiger partial charge < -0.3 is 14.0 Å². The zero-order chi connectivity index (χ0) is 53.8. The molecule has 0 fully saturated rings. The third-order valence-electron chi connectivity index (χ3n) is 12.6. The zero-order valence-electron chi connectivity index (χ0n) is 46.0. The van der Waals surface area contributed by atoms with Crippen molar-refractivity contribution in [1.29, 1.82) is 0 Å². The molecule has 10 aromatic rings. The Morgan fingerprint density at radius 2 is 1.28 bits per heavy atom. The minimum absolute atomic E-state index is 0. The van der Waals surface area contributed by atoms with Crippen LogP contribution in [0.25, 0.3) is 83.6 Å². The molecule has 0 aliphatic carbocycles. The van der Waals surface area contributed by atoms with Gasteiger partial charge in [0.1, 0.15) is 5.58 Å². The first-order valence-electron chi connectivity index (χ1n) is 26.1. The summed E-state index contributed by atoms with van der Waals surface area (Å²) in [5, 5.41) is 2.10. The third kappa shape index (κ3) is 10.9. The molecule has 0 N–H and O–H groups in total. The van der Waals surface area contributed by atoms with Crippen molar-refractivity contribution in [3.05, 3.63) is 198 Å². The number of furan rings is 1. The van der Waals surface area contributed by atoms with Crippen LogP contribution in [0.15, 0.2) is 168 Å². The van der Waals surface area contributed by atoms with E-state index < -0.39 is 29.8 Å². The quantitative estimate of drug-likeness (QED) is 0.128. The summed E-state index contributed by atoms with van der Waals surface area (Å²) in [4.78, 5) is 9.44. The molecule has 0 unspecified atom stereocenters. The van der Waals surface area contributed by atoms with Gasteiger partial charge in [0.05, 0.1) is 27.9 Å². The number of imidazole rings is 1. The summed E-state index contributed by atoms with van der Waals surface area (Å²) >= 11 is 0. The number of hydrogen-bond donors (Lipinski definition) is 0. The first-order valence-corrected chi connectivity index (χ1v) is 24.1. The summed E-state index contributed by atoms with van der Waals surface area (Å²) in [5.41, 5.74) is 11.2. The van der Waals surface area contributed by atoms with Crippen molar-refractivity contribution in [3.8, 4) is 50.6 Å². The van der Waals surface area contributed by atoms with Crippen molar-refractivity contribution in [2.24, 2.45) is 10.8 Å². The number of pyridine rings is 1. The summed E-state index contributed by atoms with van der Waals surface area (Å²) < 4.78 is 81.8. The number of aromatic nitrogens is 3. The van der Waals surface area contributed by atoms with Gasteiger partial charge in [0.25, 0.3) is 0 Å². The number of nitrogens with zero attached hydrogens (tertiary/aromatic N) is 3. The Morgan fingerprint density at radius 3 is 1.90 bits per heavy atom. The second-order valence-corrected chi connectivity index (χ2v) is 20.3. The standard InChI is InChI=1S/C48H45N2O.C16H15F3N.Ir/c1-30(2)40-26-36(34-22-20-32(21-23-34)29-48(5,6)7)27-41(31(3)4)45(40)50-43-19-12-11-18-42(43)49-47(50)39-17-13-16-38-37-25-24-35(28-44(37)51-46(38)39)33-14-9-8-10-15-33;1-15(2,16(17,18)19)11-12-6-8-13(9-7-12)14-5-3-4-10-20-14;/h8-16,18-28,30-31H,29H2,1-7H3;3-8,10H,11H2,1-2H3;/q2*-1;/i29D2;11D2;. The fraction of sp³-hybridized carbons (Fsp3) is 0.250.